The van der Waals surface area contributed by atoms with Gasteiger partial charge in [-0.2, -0.15) is 0 Å². The van der Waals surface area contributed by atoms with Gasteiger partial charge in [-0.3, -0.25) is 5.41 Å². The van der Waals surface area contributed by atoms with E-state index in [1.165, 1.54) is 5.56 Å². The number of nitrogens with zero attached hydrogens (tertiary/aromatic N) is 2. The molecule has 0 aliphatic carbocycles. The Kier molecular flexibility index (Phi) is 4.03. The first-order valence-electron chi connectivity index (χ1n) is 6.67. The number of aryl methyl sites for hydroxylation is 2. The number of rotatable bonds is 4. The van der Waals surface area contributed by atoms with Crippen molar-refractivity contribution in [1.29, 1.82) is 5.41 Å². The van der Waals surface area contributed by atoms with E-state index in [1.54, 1.807) is 6.20 Å². The minimum absolute atomic E-state index is 0.0441. The van der Waals surface area contributed by atoms with Gasteiger partial charge in [-0.25, -0.2) is 4.98 Å². The minimum Gasteiger partial charge on any atom is -0.384 e. The molecule has 0 spiro atoms. The fourth-order valence-corrected chi connectivity index (χ4v) is 2.21. The van der Waals surface area contributed by atoms with Crippen molar-refractivity contribution in [2.24, 2.45) is 5.73 Å². The van der Waals surface area contributed by atoms with Gasteiger partial charge >= 0.3 is 0 Å². The van der Waals surface area contributed by atoms with Crippen LogP contribution in [0.3, 0.4) is 0 Å². The first-order valence-corrected chi connectivity index (χ1v) is 6.67. The second-order valence-corrected chi connectivity index (χ2v) is 4.82. The van der Waals surface area contributed by atoms with Gasteiger partial charge in [0.15, 0.2) is 0 Å². The maximum Gasteiger partial charge on any atom is 0.143 e. The lowest BCUT2D eigenvalue weighted by atomic mass is 10.1. The van der Waals surface area contributed by atoms with E-state index in [0.717, 1.165) is 17.7 Å². The van der Waals surface area contributed by atoms with Gasteiger partial charge in [0.2, 0.25) is 0 Å². The first-order chi connectivity index (χ1) is 9.54. The molecule has 0 fully saturated rings. The number of amidine groups is 1. The zero-order chi connectivity index (χ0) is 14.7. The summed E-state index contributed by atoms with van der Waals surface area (Å²) in [5.74, 6) is 0.754. The highest BCUT2D eigenvalue weighted by Crippen LogP contribution is 2.26. The molecule has 0 aliphatic rings. The molecular formula is C16H20N4. The van der Waals surface area contributed by atoms with Gasteiger partial charge in [0, 0.05) is 18.9 Å². The van der Waals surface area contributed by atoms with E-state index in [1.807, 2.05) is 24.9 Å². The Morgan fingerprint density at radius 1 is 1.25 bits per heavy atom. The topological polar surface area (TPSA) is 66.0 Å². The summed E-state index contributed by atoms with van der Waals surface area (Å²) in [7, 11) is 1.94. The number of nitrogen functional groups attached to an aromatic ring is 1. The van der Waals surface area contributed by atoms with Crippen LogP contribution in [-0.2, 0) is 6.42 Å². The van der Waals surface area contributed by atoms with Gasteiger partial charge in [-0.05, 0) is 42.7 Å². The molecule has 2 aromatic rings. The number of hydrogen-bond acceptors (Lipinski definition) is 3. The van der Waals surface area contributed by atoms with E-state index in [-0.39, 0.29) is 5.84 Å². The van der Waals surface area contributed by atoms with Gasteiger partial charge in [0.25, 0.3) is 0 Å². The number of hydrogen-bond donors (Lipinski definition) is 2. The molecule has 0 saturated heterocycles. The standard InChI is InChI=1S/C16H20N4/c1-4-12-5-7-13(8-6-12)20(3)16-14(15(17)18)11(2)9-10-19-16/h5-10H,4H2,1-3H3,(H3,17,18). The maximum atomic E-state index is 7.75. The zero-order valence-electron chi connectivity index (χ0n) is 12.1. The molecule has 3 N–H and O–H groups in total. The average molecular weight is 268 g/mol. The maximum absolute atomic E-state index is 7.75. The van der Waals surface area contributed by atoms with Gasteiger partial charge < -0.3 is 10.6 Å². The van der Waals surface area contributed by atoms with E-state index in [0.29, 0.717) is 11.4 Å². The van der Waals surface area contributed by atoms with Crippen LogP contribution in [0.4, 0.5) is 11.5 Å². The van der Waals surface area contributed by atoms with Crippen molar-refractivity contribution in [1.82, 2.24) is 4.98 Å². The number of benzene rings is 1. The predicted octanol–water partition coefficient (Wildman–Crippen LogP) is 3.00. The fourth-order valence-electron chi connectivity index (χ4n) is 2.21. The van der Waals surface area contributed by atoms with E-state index in [2.05, 4.69) is 36.2 Å². The monoisotopic (exact) mass is 268 g/mol. The summed E-state index contributed by atoms with van der Waals surface area (Å²) in [6.07, 6.45) is 2.76. The summed E-state index contributed by atoms with van der Waals surface area (Å²) in [5.41, 5.74) is 9.67. The summed E-state index contributed by atoms with van der Waals surface area (Å²) >= 11 is 0. The molecule has 104 valence electrons. The van der Waals surface area contributed by atoms with Crippen molar-refractivity contribution in [3.8, 4) is 0 Å². The lowest BCUT2D eigenvalue weighted by Gasteiger charge is -2.22. The highest BCUT2D eigenvalue weighted by atomic mass is 15.2. The Bertz CT molecular complexity index is 617. The highest BCUT2D eigenvalue weighted by Gasteiger charge is 2.15. The van der Waals surface area contributed by atoms with E-state index >= 15 is 0 Å². The lowest BCUT2D eigenvalue weighted by Crippen LogP contribution is -2.21. The molecule has 0 saturated carbocycles. The van der Waals surface area contributed by atoms with Gasteiger partial charge in [0.05, 0.1) is 5.56 Å². The predicted molar refractivity (Wildman–Crippen MR) is 83.9 cm³/mol. The number of nitrogens with one attached hydrogen (secondary N) is 1. The van der Waals surface area contributed by atoms with E-state index in [4.69, 9.17) is 11.1 Å². The van der Waals surface area contributed by atoms with Crippen molar-refractivity contribution < 1.29 is 0 Å². The smallest absolute Gasteiger partial charge is 0.143 e. The first kappa shape index (κ1) is 14.1. The Morgan fingerprint density at radius 3 is 2.45 bits per heavy atom. The molecule has 0 aliphatic heterocycles. The third-order valence-corrected chi connectivity index (χ3v) is 3.46. The normalized spacial score (nSPS) is 10.3. The number of pyridine rings is 1. The third-order valence-electron chi connectivity index (χ3n) is 3.46. The molecule has 1 aromatic heterocycles. The van der Waals surface area contributed by atoms with Gasteiger partial charge in [-0.15, -0.1) is 0 Å². The minimum atomic E-state index is 0.0441. The molecule has 4 heteroatoms. The molecule has 1 heterocycles. The molecule has 0 radical (unpaired) electrons. The number of nitrogens with two attached hydrogens (primary N) is 1. The molecule has 20 heavy (non-hydrogen) atoms. The van der Waals surface area contributed by atoms with Gasteiger partial charge in [-0.1, -0.05) is 19.1 Å². The quantitative estimate of drug-likeness (QED) is 0.661. The Hall–Kier alpha value is -2.36. The molecule has 4 nitrogen and oxygen atoms in total. The second-order valence-electron chi connectivity index (χ2n) is 4.82. The molecule has 0 unspecified atom stereocenters. The van der Waals surface area contributed by atoms with Gasteiger partial charge in [0.1, 0.15) is 11.7 Å². The van der Waals surface area contributed by atoms with Crippen LogP contribution in [0.25, 0.3) is 0 Å². The summed E-state index contributed by atoms with van der Waals surface area (Å²) in [5, 5.41) is 7.75. The summed E-state index contributed by atoms with van der Waals surface area (Å²) in [6, 6.07) is 10.2. The Morgan fingerprint density at radius 2 is 1.90 bits per heavy atom. The van der Waals surface area contributed by atoms with Crippen LogP contribution in [0, 0.1) is 12.3 Å². The van der Waals surface area contributed by atoms with Crippen LogP contribution in [0.5, 0.6) is 0 Å². The number of anilines is 2. The average Bonchev–Trinajstić information content (AvgIpc) is 2.46. The zero-order valence-corrected chi connectivity index (χ0v) is 12.1. The van der Waals surface area contributed by atoms with Crippen molar-refractivity contribution >= 4 is 17.3 Å². The summed E-state index contributed by atoms with van der Waals surface area (Å²) in [6.45, 7) is 4.07. The molecule has 1 aromatic carbocycles. The Labute approximate surface area is 119 Å². The van der Waals surface area contributed by atoms with Crippen LogP contribution in [0.2, 0.25) is 0 Å². The largest absolute Gasteiger partial charge is 0.384 e. The van der Waals surface area contributed by atoms with Crippen LogP contribution < -0.4 is 10.6 Å². The van der Waals surface area contributed by atoms with Crippen LogP contribution in [-0.4, -0.2) is 17.9 Å². The van der Waals surface area contributed by atoms with Crippen LogP contribution >= 0.6 is 0 Å². The second kappa shape index (κ2) is 5.74. The lowest BCUT2D eigenvalue weighted by molar-refractivity contribution is 1.09. The van der Waals surface area contributed by atoms with Crippen molar-refractivity contribution in [2.45, 2.75) is 20.3 Å². The van der Waals surface area contributed by atoms with Crippen LogP contribution in [0.15, 0.2) is 36.5 Å². The van der Waals surface area contributed by atoms with Crippen molar-refractivity contribution in [3.63, 3.8) is 0 Å². The molecule has 2 rings (SSSR count). The highest BCUT2D eigenvalue weighted by molar-refractivity contribution is 6.01. The Balaban J connectivity index is 2.44. The third kappa shape index (κ3) is 2.64. The van der Waals surface area contributed by atoms with E-state index in [9.17, 15) is 0 Å². The molecule has 0 atom stereocenters. The van der Waals surface area contributed by atoms with E-state index < -0.39 is 0 Å². The van der Waals surface area contributed by atoms with Crippen LogP contribution in [0.1, 0.15) is 23.6 Å². The molecule has 0 amide bonds. The number of aromatic nitrogens is 1. The molecular weight excluding hydrogens is 248 g/mol. The SMILES string of the molecule is CCc1ccc(N(C)c2nccc(C)c2C(=N)N)cc1. The molecule has 0 bridgehead atoms. The summed E-state index contributed by atoms with van der Waals surface area (Å²) in [4.78, 5) is 6.35. The fraction of sp³-hybridized carbons (Fsp3) is 0.250. The van der Waals surface area contributed by atoms with Crippen molar-refractivity contribution in [3.05, 3.63) is 53.2 Å². The summed E-state index contributed by atoms with van der Waals surface area (Å²) < 4.78 is 0. The van der Waals surface area contributed by atoms with Crippen molar-refractivity contribution in [2.75, 3.05) is 11.9 Å².